The zero-order valence-electron chi connectivity index (χ0n) is 19.3. The van der Waals surface area contributed by atoms with E-state index < -0.39 is 11.8 Å². The standard InChI is InChI=1S/C25H36N2O4/c1-24(2,3)26-22(28)19-14-10-9-13-18(19)16-21-20(15-17-11-7-6-8-12-17)27(23(29)30)25(4,5)31-21/h6-12,18-21H,13-16H2,1-5H3,(H,26,28)(H,29,30). The molecule has 1 aromatic rings. The SMILES string of the molecule is CC(C)(C)NC(=O)C1CC=CCC1CC1OC(C)(C)N(C(=O)O)C1Cc1ccccc1. The minimum absolute atomic E-state index is 0.0637. The maximum absolute atomic E-state index is 13.0. The fraction of sp³-hybridized carbons (Fsp3) is 0.600. The number of nitrogens with one attached hydrogen (secondary N) is 1. The van der Waals surface area contributed by atoms with Gasteiger partial charge in [0.2, 0.25) is 5.91 Å². The molecule has 170 valence electrons. The Kier molecular flexibility index (Phi) is 6.79. The first kappa shape index (κ1) is 23.3. The zero-order chi connectivity index (χ0) is 22.8. The number of carbonyl (C=O) groups is 2. The molecule has 6 heteroatoms. The average molecular weight is 429 g/mol. The number of carbonyl (C=O) groups excluding carboxylic acids is 1. The van der Waals surface area contributed by atoms with E-state index in [-0.39, 0.29) is 35.4 Å². The van der Waals surface area contributed by atoms with Crippen LogP contribution in [-0.2, 0) is 16.0 Å². The van der Waals surface area contributed by atoms with E-state index in [2.05, 4.69) is 17.5 Å². The Hall–Kier alpha value is -2.34. The lowest BCUT2D eigenvalue weighted by Crippen LogP contribution is -2.49. The smallest absolute Gasteiger partial charge is 0.409 e. The van der Waals surface area contributed by atoms with Crippen LogP contribution in [0.5, 0.6) is 0 Å². The molecule has 1 aromatic carbocycles. The van der Waals surface area contributed by atoms with Gasteiger partial charge in [0.1, 0.15) is 5.72 Å². The summed E-state index contributed by atoms with van der Waals surface area (Å²) in [6.07, 6.45) is 5.70. The Morgan fingerprint density at radius 3 is 2.42 bits per heavy atom. The van der Waals surface area contributed by atoms with Crippen molar-refractivity contribution < 1.29 is 19.4 Å². The van der Waals surface area contributed by atoms with Crippen LogP contribution in [0.1, 0.15) is 59.4 Å². The van der Waals surface area contributed by atoms with Crippen molar-refractivity contribution >= 4 is 12.0 Å². The lowest BCUT2D eigenvalue weighted by molar-refractivity contribution is -0.129. The number of amides is 2. The van der Waals surface area contributed by atoms with E-state index in [1.165, 1.54) is 4.90 Å². The number of nitrogens with zero attached hydrogens (tertiary/aromatic N) is 1. The van der Waals surface area contributed by atoms with Gasteiger partial charge in [0.25, 0.3) is 0 Å². The van der Waals surface area contributed by atoms with E-state index in [0.717, 1.165) is 12.0 Å². The number of hydrogen-bond donors (Lipinski definition) is 2. The van der Waals surface area contributed by atoms with Gasteiger partial charge in [-0.25, -0.2) is 4.79 Å². The molecule has 6 nitrogen and oxygen atoms in total. The Balaban J connectivity index is 1.83. The highest BCUT2D eigenvalue weighted by Gasteiger charge is 2.51. The molecule has 1 saturated heterocycles. The fourth-order valence-corrected chi connectivity index (χ4v) is 4.94. The van der Waals surface area contributed by atoms with Crippen molar-refractivity contribution in [1.82, 2.24) is 10.2 Å². The Morgan fingerprint density at radius 1 is 1.16 bits per heavy atom. The summed E-state index contributed by atoms with van der Waals surface area (Å²) in [4.78, 5) is 26.6. The number of carboxylic acid groups (broad SMARTS) is 1. The van der Waals surface area contributed by atoms with Gasteiger partial charge in [0.05, 0.1) is 12.1 Å². The van der Waals surface area contributed by atoms with E-state index >= 15 is 0 Å². The van der Waals surface area contributed by atoms with Gasteiger partial charge in [-0.3, -0.25) is 9.69 Å². The van der Waals surface area contributed by atoms with E-state index in [1.54, 1.807) is 0 Å². The summed E-state index contributed by atoms with van der Waals surface area (Å²) in [6.45, 7) is 9.58. The molecule has 1 aliphatic carbocycles. The van der Waals surface area contributed by atoms with Gasteiger partial charge in [0, 0.05) is 11.5 Å². The summed E-state index contributed by atoms with van der Waals surface area (Å²) < 4.78 is 6.33. The third-order valence-electron chi connectivity index (χ3n) is 6.21. The van der Waals surface area contributed by atoms with Crippen molar-refractivity contribution in [3.8, 4) is 0 Å². The van der Waals surface area contributed by atoms with E-state index in [0.29, 0.717) is 19.3 Å². The molecule has 1 heterocycles. The normalized spacial score (nSPS) is 27.8. The Bertz CT molecular complexity index is 813. The van der Waals surface area contributed by atoms with Crippen LogP contribution < -0.4 is 5.32 Å². The molecule has 0 spiro atoms. The third kappa shape index (κ3) is 5.67. The second-order valence-corrected chi connectivity index (χ2v) is 10.3. The second kappa shape index (κ2) is 9.03. The molecular formula is C25H36N2O4. The molecule has 0 aromatic heterocycles. The predicted molar refractivity (Wildman–Crippen MR) is 121 cm³/mol. The van der Waals surface area contributed by atoms with Gasteiger partial charge in [-0.1, -0.05) is 42.5 Å². The lowest BCUT2D eigenvalue weighted by Gasteiger charge is -2.33. The molecule has 4 unspecified atom stereocenters. The van der Waals surface area contributed by atoms with Gasteiger partial charge in [-0.15, -0.1) is 0 Å². The van der Waals surface area contributed by atoms with Gasteiger partial charge in [0.15, 0.2) is 0 Å². The minimum Gasteiger partial charge on any atom is -0.465 e. The largest absolute Gasteiger partial charge is 0.465 e. The summed E-state index contributed by atoms with van der Waals surface area (Å²) in [6, 6.07) is 9.63. The van der Waals surface area contributed by atoms with Crippen LogP contribution in [0.4, 0.5) is 4.79 Å². The number of ether oxygens (including phenoxy) is 1. The zero-order valence-corrected chi connectivity index (χ0v) is 19.3. The van der Waals surface area contributed by atoms with Gasteiger partial charge < -0.3 is 15.2 Å². The molecule has 4 atom stereocenters. The molecule has 1 aliphatic heterocycles. The molecule has 2 amide bonds. The van der Waals surface area contributed by atoms with E-state index in [1.807, 2.05) is 65.0 Å². The van der Waals surface area contributed by atoms with Crippen LogP contribution in [0.3, 0.4) is 0 Å². The van der Waals surface area contributed by atoms with Crippen LogP contribution in [0.25, 0.3) is 0 Å². The maximum Gasteiger partial charge on any atom is 0.409 e. The van der Waals surface area contributed by atoms with Gasteiger partial charge in [-0.2, -0.15) is 0 Å². The van der Waals surface area contributed by atoms with Gasteiger partial charge >= 0.3 is 6.09 Å². The number of rotatable bonds is 5. The highest BCUT2D eigenvalue weighted by molar-refractivity contribution is 5.80. The summed E-state index contributed by atoms with van der Waals surface area (Å²) in [5.74, 6) is 0.0427. The second-order valence-electron chi connectivity index (χ2n) is 10.3. The predicted octanol–water partition coefficient (Wildman–Crippen LogP) is 4.60. The quantitative estimate of drug-likeness (QED) is 0.672. The van der Waals surface area contributed by atoms with Crippen LogP contribution in [0, 0.1) is 11.8 Å². The molecule has 0 radical (unpaired) electrons. The lowest BCUT2D eigenvalue weighted by atomic mass is 9.77. The van der Waals surface area contributed by atoms with E-state index in [4.69, 9.17) is 4.74 Å². The first-order valence-electron chi connectivity index (χ1n) is 11.2. The van der Waals surface area contributed by atoms with Crippen molar-refractivity contribution in [2.75, 3.05) is 0 Å². The third-order valence-corrected chi connectivity index (χ3v) is 6.21. The van der Waals surface area contributed by atoms with Crippen molar-refractivity contribution in [1.29, 1.82) is 0 Å². The van der Waals surface area contributed by atoms with Crippen molar-refractivity contribution in [3.05, 3.63) is 48.0 Å². The highest BCUT2D eigenvalue weighted by Crippen LogP contribution is 2.40. The molecule has 1 fully saturated rings. The minimum atomic E-state index is -0.973. The number of benzene rings is 1. The van der Waals surface area contributed by atoms with Crippen molar-refractivity contribution in [2.45, 2.75) is 83.7 Å². The van der Waals surface area contributed by atoms with Crippen molar-refractivity contribution in [2.24, 2.45) is 11.8 Å². The molecular weight excluding hydrogens is 392 g/mol. The first-order chi connectivity index (χ1) is 14.5. The Morgan fingerprint density at radius 2 is 1.81 bits per heavy atom. The summed E-state index contributed by atoms with van der Waals surface area (Å²) in [5, 5.41) is 13.1. The fourth-order valence-electron chi connectivity index (χ4n) is 4.94. The molecule has 31 heavy (non-hydrogen) atoms. The van der Waals surface area contributed by atoms with Crippen LogP contribution >= 0.6 is 0 Å². The van der Waals surface area contributed by atoms with Crippen LogP contribution in [0.2, 0.25) is 0 Å². The number of allylic oxidation sites excluding steroid dienone is 2. The Labute approximate surface area is 185 Å². The first-order valence-corrected chi connectivity index (χ1v) is 11.2. The maximum atomic E-state index is 13.0. The average Bonchev–Trinajstić information content (AvgIpc) is 2.91. The van der Waals surface area contributed by atoms with E-state index in [9.17, 15) is 14.7 Å². The summed E-state index contributed by atoms with van der Waals surface area (Å²) in [5.41, 5.74) is -0.121. The molecule has 0 saturated carbocycles. The number of hydrogen-bond acceptors (Lipinski definition) is 3. The summed E-state index contributed by atoms with van der Waals surface area (Å²) in [7, 11) is 0. The molecule has 0 bridgehead atoms. The molecule has 2 aliphatic rings. The van der Waals surface area contributed by atoms with Gasteiger partial charge in [-0.05, 0) is 71.8 Å². The monoisotopic (exact) mass is 428 g/mol. The highest BCUT2D eigenvalue weighted by atomic mass is 16.6. The van der Waals surface area contributed by atoms with Crippen LogP contribution in [-0.4, -0.2) is 45.4 Å². The van der Waals surface area contributed by atoms with Crippen LogP contribution in [0.15, 0.2) is 42.5 Å². The molecule has 3 rings (SSSR count). The van der Waals surface area contributed by atoms with Crippen molar-refractivity contribution in [3.63, 3.8) is 0 Å². The molecule has 2 N–H and O–H groups in total. The topological polar surface area (TPSA) is 78.9 Å². The summed E-state index contributed by atoms with van der Waals surface area (Å²) >= 11 is 0.